The van der Waals surface area contributed by atoms with Crippen LogP contribution in [0.15, 0.2) is 29.2 Å². The Hall–Kier alpha value is -0.760. The minimum absolute atomic E-state index is 0.152. The van der Waals surface area contributed by atoms with Crippen molar-refractivity contribution in [3.05, 3.63) is 29.8 Å². The van der Waals surface area contributed by atoms with Gasteiger partial charge >= 0.3 is 0 Å². The maximum absolute atomic E-state index is 11.0. The number of rotatable bonds is 4. The lowest BCUT2D eigenvalue weighted by atomic mass is 10.1. The molecule has 0 aromatic heterocycles. The number of ketones is 1. The van der Waals surface area contributed by atoms with E-state index >= 15 is 0 Å². The van der Waals surface area contributed by atoms with Gasteiger partial charge in [-0.3, -0.25) is 4.79 Å². The fourth-order valence-electron chi connectivity index (χ4n) is 1.05. The lowest BCUT2D eigenvalue weighted by Gasteiger charge is -2.08. The van der Waals surface area contributed by atoms with E-state index in [1.807, 2.05) is 32.9 Å². The van der Waals surface area contributed by atoms with E-state index in [9.17, 15) is 4.79 Å². The Morgan fingerprint density at radius 2 is 1.88 bits per heavy atom. The van der Waals surface area contributed by atoms with Crippen molar-refractivity contribution in [2.75, 3.05) is 5.75 Å². The van der Waals surface area contributed by atoms with Crippen LogP contribution in [0.1, 0.15) is 33.3 Å². The fourth-order valence-corrected chi connectivity index (χ4v) is 2.19. The minimum Gasteiger partial charge on any atom is -0.300 e. The van der Waals surface area contributed by atoms with E-state index in [1.165, 1.54) is 10.5 Å². The third-order valence-corrected chi connectivity index (χ3v) is 3.71. The molecule has 1 rings (SSSR count). The first kappa shape index (κ1) is 15.2. The number of carbonyl (C=O) groups is 1. The van der Waals surface area contributed by atoms with Gasteiger partial charge in [-0.25, -0.2) is 0 Å². The summed E-state index contributed by atoms with van der Waals surface area (Å²) in [4.78, 5) is 12.3. The normalized spacial score (nSPS) is 11.3. The highest BCUT2D eigenvalue weighted by Gasteiger charge is 2.08. The van der Waals surface area contributed by atoms with Crippen molar-refractivity contribution < 1.29 is 4.79 Å². The molecule has 0 heterocycles. The summed E-state index contributed by atoms with van der Waals surface area (Å²) in [6.07, 6.45) is 0. The quantitative estimate of drug-likeness (QED) is 0.726. The highest BCUT2D eigenvalue weighted by molar-refractivity contribution is 7.99. The number of benzene rings is 1. The van der Waals surface area contributed by atoms with Crippen molar-refractivity contribution in [1.82, 2.24) is 0 Å². The van der Waals surface area contributed by atoms with Gasteiger partial charge in [-0.05, 0) is 25.5 Å². The van der Waals surface area contributed by atoms with E-state index < -0.39 is 0 Å². The van der Waals surface area contributed by atoms with Crippen LogP contribution in [0.2, 0.25) is 0 Å². The third kappa shape index (κ3) is 5.36. The molecular weight excluding hydrogens is 216 g/mol. The molecule has 0 spiro atoms. The van der Waals surface area contributed by atoms with Gasteiger partial charge in [0.15, 0.2) is 0 Å². The minimum atomic E-state index is 0.152. The first-order valence-corrected chi connectivity index (χ1v) is 6.78. The molecule has 1 aromatic rings. The average Bonchev–Trinajstić information content (AvgIpc) is 2.30. The highest BCUT2D eigenvalue weighted by Crippen LogP contribution is 2.24. The number of Topliss-reactive ketones (excluding diaryl/α,β-unsaturated/α-hetero) is 1. The summed E-state index contributed by atoms with van der Waals surface area (Å²) in [5, 5.41) is 0. The Balaban J connectivity index is 0.00000106. The fraction of sp³-hybridized carbons (Fsp3) is 0.500. The monoisotopic (exact) mass is 238 g/mol. The molecule has 0 N–H and O–H groups in total. The second-order valence-electron chi connectivity index (χ2n) is 3.59. The van der Waals surface area contributed by atoms with E-state index in [4.69, 9.17) is 0 Å². The molecule has 0 aliphatic heterocycles. The largest absolute Gasteiger partial charge is 0.300 e. The Labute approximate surface area is 104 Å². The predicted octanol–water partition coefficient (Wildman–Crippen LogP) is 4.34. The van der Waals surface area contributed by atoms with Crippen LogP contribution in [0.3, 0.4) is 0 Å². The van der Waals surface area contributed by atoms with Crippen LogP contribution in [0.25, 0.3) is 0 Å². The standard InChI is InChI=1S/C12H16OS.C2H6/c1-9-6-4-5-7-12(9)14-8-10(2)11(3)13;1-2/h4-7,10H,8H2,1-3H3;1-2H3/t10-;/m0./s1. The Bertz CT molecular complexity index is 320. The molecule has 1 nitrogen and oxygen atoms in total. The van der Waals surface area contributed by atoms with E-state index in [0.717, 1.165) is 5.75 Å². The Morgan fingerprint density at radius 1 is 1.31 bits per heavy atom. The lowest BCUT2D eigenvalue weighted by molar-refractivity contribution is -0.119. The van der Waals surface area contributed by atoms with Gasteiger partial charge in [0.1, 0.15) is 5.78 Å². The average molecular weight is 238 g/mol. The van der Waals surface area contributed by atoms with E-state index in [0.29, 0.717) is 0 Å². The molecular formula is C14H22OS. The molecule has 2 heteroatoms. The zero-order valence-corrected chi connectivity index (χ0v) is 11.7. The summed E-state index contributed by atoms with van der Waals surface area (Å²) >= 11 is 1.76. The van der Waals surface area contributed by atoms with Crippen molar-refractivity contribution in [3.63, 3.8) is 0 Å². The smallest absolute Gasteiger partial charge is 0.133 e. The van der Waals surface area contributed by atoms with E-state index in [-0.39, 0.29) is 11.7 Å². The molecule has 0 saturated carbocycles. The molecule has 0 unspecified atom stereocenters. The molecule has 16 heavy (non-hydrogen) atoms. The van der Waals surface area contributed by atoms with Crippen LogP contribution in [0.5, 0.6) is 0 Å². The van der Waals surface area contributed by atoms with Gasteiger partial charge < -0.3 is 0 Å². The van der Waals surface area contributed by atoms with Gasteiger partial charge in [0.25, 0.3) is 0 Å². The predicted molar refractivity (Wildman–Crippen MR) is 73.1 cm³/mol. The van der Waals surface area contributed by atoms with Gasteiger partial charge in [-0.1, -0.05) is 39.0 Å². The molecule has 1 atom stereocenters. The summed E-state index contributed by atoms with van der Waals surface area (Å²) in [5.74, 6) is 1.30. The highest BCUT2D eigenvalue weighted by atomic mass is 32.2. The molecule has 1 aromatic carbocycles. The van der Waals surface area contributed by atoms with Crippen molar-refractivity contribution in [2.45, 2.75) is 39.5 Å². The summed E-state index contributed by atoms with van der Waals surface area (Å²) in [6, 6.07) is 8.27. The van der Waals surface area contributed by atoms with Gasteiger partial charge in [0, 0.05) is 16.6 Å². The van der Waals surface area contributed by atoms with E-state index in [2.05, 4.69) is 19.1 Å². The van der Waals surface area contributed by atoms with Gasteiger partial charge in [0.05, 0.1) is 0 Å². The van der Waals surface area contributed by atoms with Gasteiger partial charge in [-0.2, -0.15) is 0 Å². The Morgan fingerprint density at radius 3 is 2.38 bits per heavy atom. The molecule has 0 amide bonds. The van der Waals surface area contributed by atoms with Crippen molar-refractivity contribution in [2.24, 2.45) is 5.92 Å². The number of hydrogen-bond donors (Lipinski definition) is 0. The van der Waals surface area contributed by atoms with Crippen LogP contribution in [-0.2, 0) is 4.79 Å². The van der Waals surface area contributed by atoms with Crippen LogP contribution in [0, 0.1) is 12.8 Å². The SMILES string of the molecule is CC.CC(=O)[C@@H](C)CSc1ccccc1C. The molecule has 0 fully saturated rings. The second-order valence-corrected chi connectivity index (χ2v) is 4.65. The lowest BCUT2D eigenvalue weighted by Crippen LogP contribution is -2.08. The summed E-state index contributed by atoms with van der Waals surface area (Å²) in [7, 11) is 0. The first-order chi connectivity index (χ1) is 7.61. The number of carbonyl (C=O) groups excluding carboxylic acids is 1. The zero-order valence-electron chi connectivity index (χ0n) is 10.9. The first-order valence-electron chi connectivity index (χ1n) is 5.80. The van der Waals surface area contributed by atoms with Gasteiger partial charge in [0.2, 0.25) is 0 Å². The van der Waals surface area contributed by atoms with Crippen molar-refractivity contribution >= 4 is 17.5 Å². The molecule has 0 bridgehead atoms. The number of hydrogen-bond acceptors (Lipinski definition) is 2. The van der Waals surface area contributed by atoms with E-state index in [1.54, 1.807) is 18.7 Å². The molecule has 0 aliphatic rings. The van der Waals surface area contributed by atoms with Crippen LogP contribution in [-0.4, -0.2) is 11.5 Å². The number of aryl methyl sites for hydroxylation is 1. The zero-order chi connectivity index (χ0) is 12.6. The summed E-state index contributed by atoms with van der Waals surface area (Å²) in [5.41, 5.74) is 1.29. The molecule has 0 aliphatic carbocycles. The Kier molecular flexibility index (Phi) is 8.00. The van der Waals surface area contributed by atoms with Gasteiger partial charge in [-0.15, -0.1) is 11.8 Å². The third-order valence-electron chi connectivity index (χ3n) is 2.28. The topological polar surface area (TPSA) is 17.1 Å². The van der Waals surface area contributed by atoms with Crippen LogP contribution in [0.4, 0.5) is 0 Å². The molecule has 0 radical (unpaired) electrons. The summed E-state index contributed by atoms with van der Waals surface area (Å²) < 4.78 is 0. The second kappa shape index (κ2) is 8.40. The molecule has 90 valence electrons. The maximum atomic E-state index is 11.0. The molecule has 0 saturated heterocycles. The van der Waals surface area contributed by atoms with Crippen molar-refractivity contribution in [1.29, 1.82) is 0 Å². The maximum Gasteiger partial charge on any atom is 0.133 e. The summed E-state index contributed by atoms with van der Waals surface area (Å²) in [6.45, 7) is 9.73. The van der Waals surface area contributed by atoms with Crippen LogP contribution >= 0.6 is 11.8 Å². The number of thioether (sulfide) groups is 1. The van der Waals surface area contributed by atoms with Crippen molar-refractivity contribution in [3.8, 4) is 0 Å². The van der Waals surface area contributed by atoms with Crippen LogP contribution < -0.4 is 0 Å².